The van der Waals surface area contributed by atoms with Gasteiger partial charge in [-0.1, -0.05) is 15.9 Å². The lowest BCUT2D eigenvalue weighted by molar-refractivity contribution is 0.612. The Morgan fingerprint density at radius 2 is 2.33 bits per heavy atom. The Hall–Kier alpha value is -1.07. The van der Waals surface area contributed by atoms with E-state index in [0.717, 1.165) is 28.5 Å². The average Bonchev–Trinajstić information content (AvgIpc) is 2.60. The van der Waals surface area contributed by atoms with Gasteiger partial charge >= 0.3 is 0 Å². The fourth-order valence-corrected chi connectivity index (χ4v) is 1.62. The summed E-state index contributed by atoms with van der Waals surface area (Å²) in [4.78, 5) is 4.30. The molecule has 0 radical (unpaired) electrons. The molecule has 1 heterocycles. The standard InChI is InChI=1S/C10H12BrN3O/c11-7-2-3-9-8(6-7)14-10(15-9)13-5-1-4-12/h2-3,6H,1,4-5,12H2,(H,13,14). The zero-order valence-corrected chi connectivity index (χ0v) is 9.75. The first-order chi connectivity index (χ1) is 7.29. The van der Waals surface area contributed by atoms with E-state index in [4.69, 9.17) is 10.2 Å². The van der Waals surface area contributed by atoms with Gasteiger partial charge in [0.15, 0.2) is 5.58 Å². The normalized spacial score (nSPS) is 10.8. The van der Waals surface area contributed by atoms with Crippen molar-refractivity contribution < 1.29 is 4.42 Å². The van der Waals surface area contributed by atoms with Gasteiger partial charge in [-0.25, -0.2) is 0 Å². The van der Waals surface area contributed by atoms with Crippen molar-refractivity contribution in [1.29, 1.82) is 0 Å². The molecule has 0 aliphatic carbocycles. The molecule has 0 amide bonds. The molecule has 5 heteroatoms. The summed E-state index contributed by atoms with van der Waals surface area (Å²) in [6.45, 7) is 1.45. The van der Waals surface area contributed by atoms with Crippen LogP contribution in [0.25, 0.3) is 11.1 Å². The fourth-order valence-electron chi connectivity index (χ4n) is 1.27. The van der Waals surface area contributed by atoms with Crippen molar-refractivity contribution in [2.45, 2.75) is 6.42 Å². The van der Waals surface area contributed by atoms with E-state index < -0.39 is 0 Å². The quantitative estimate of drug-likeness (QED) is 0.837. The molecule has 1 aromatic heterocycles. The number of halogens is 1. The van der Waals surface area contributed by atoms with Crippen LogP contribution in [0, 0.1) is 0 Å². The number of anilines is 1. The van der Waals surface area contributed by atoms with Gasteiger partial charge in [0.2, 0.25) is 0 Å². The summed E-state index contributed by atoms with van der Waals surface area (Å²) >= 11 is 3.39. The Morgan fingerprint density at radius 1 is 1.47 bits per heavy atom. The molecule has 3 N–H and O–H groups in total. The van der Waals surface area contributed by atoms with Gasteiger partial charge in [0.25, 0.3) is 6.01 Å². The smallest absolute Gasteiger partial charge is 0.295 e. The monoisotopic (exact) mass is 269 g/mol. The van der Waals surface area contributed by atoms with Gasteiger partial charge < -0.3 is 15.5 Å². The Balaban J connectivity index is 2.16. The summed E-state index contributed by atoms with van der Waals surface area (Å²) in [6, 6.07) is 6.29. The summed E-state index contributed by atoms with van der Waals surface area (Å²) in [5, 5.41) is 3.08. The lowest BCUT2D eigenvalue weighted by Crippen LogP contribution is -2.08. The van der Waals surface area contributed by atoms with E-state index in [2.05, 4.69) is 26.2 Å². The van der Waals surface area contributed by atoms with Gasteiger partial charge in [-0.2, -0.15) is 4.98 Å². The molecule has 0 aliphatic rings. The maximum absolute atomic E-state index is 5.49. The number of nitrogens with two attached hydrogens (primary N) is 1. The Bertz CT molecular complexity index is 455. The van der Waals surface area contributed by atoms with Crippen LogP contribution in [0.3, 0.4) is 0 Å². The predicted molar refractivity (Wildman–Crippen MR) is 63.9 cm³/mol. The van der Waals surface area contributed by atoms with Gasteiger partial charge in [0.1, 0.15) is 5.52 Å². The molecule has 0 unspecified atom stereocenters. The van der Waals surface area contributed by atoms with E-state index in [0.29, 0.717) is 12.6 Å². The predicted octanol–water partition coefficient (Wildman–Crippen LogP) is 2.35. The maximum atomic E-state index is 5.49. The average molecular weight is 270 g/mol. The topological polar surface area (TPSA) is 64.1 Å². The summed E-state index contributed by atoms with van der Waals surface area (Å²) in [5.74, 6) is 0. The van der Waals surface area contributed by atoms with E-state index in [9.17, 15) is 0 Å². The van der Waals surface area contributed by atoms with E-state index in [1.165, 1.54) is 0 Å². The molecule has 4 nitrogen and oxygen atoms in total. The molecule has 0 saturated carbocycles. The molecule has 0 aliphatic heterocycles. The number of fused-ring (bicyclic) bond motifs is 1. The van der Waals surface area contributed by atoms with Gasteiger partial charge in [-0.05, 0) is 31.2 Å². The third kappa shape index (κ3) is 2.49. The lowest BCUT2D eigenvalue weighted by atomic mass is 10.3. The first-order valence-electron chi connectivity index (χ1n) is 4.79. The zero-order valence-electron chi connectivity index (χ0n) is 8.16. The minimum Gasteiger partial charge on any atom is -0.424 e. The second kappa shape index (κ2) is 4.63. The second-order valence-corrected chi connectivity index (χ2v) is 4.12. The highest BCUT2D eigenvalue weighted by Gasteiger charge is 2.04. The van der Waals surface area contributed by atoms with Gasteiger partial charge in [-0.3, -0.25) is 0 Å². The number of hydrogen-bond acceptors (Lipinski definition) is 4. The highest BCUT2D eigenvalue weighted by Crippen LogP contribution is 2.22. The van der Waals surface area contributed by atoms with Crippen LogP contribution in [0.5, 0.6) is 0 Å². The first kappa shape index (κ1) is 10.4. The number of nitrogens with zero attached hydrogens (tertiary/aromatic N) is 1. The van der Waals surface area contributed by atoms with Crippen molar-refractivity contribution in [2.24, 2.45) is 5.73 Å². The molecule has 80 valence electrons. The van der Waals surface area contributed by atoms with Crippen LogP contribution >= 0.6 is 15.9 Å². The Kier molecular flexibility index (Phi) is 3.23. The molecule has 2 aromatic rings. The Morgan fingerprint density at radius 3 is 3.13 bits per heavy atom. The molecular weight excluding hydrogens is 258 g/mol. The van der Waals surface area contributed by atoms with E-state index >= 15 is 0 Å². The fraction of sp³-hybridized carbons (Fsp3) is 0.300. The number of hydrogen-bond donors (Lipinski definition) is 2. The maximum Gasteiger partial charge on any atom is 0.295 e. The van der Waals surface area contributed by atoms with Crippen molar-refractivity contribution in [3.8, 4) is 0 Å². The summed E-state index contributed by atoms with van der Waals surface area (Å²) in [5.41, 5.74) is 7.02. The SMILES string of the molecule is NCCCNc1nc2cc(Br)ccc2o1. The first-order valence-corrected chi connectivity index (χ1v) is 5.59. The number of benzene rings is 1. The molecule has 0 saturated heterocycles. The van der Waals surface area contributed by atoms with E-state index in [-0.39, 0.29) is 0 Å². The van der Waals surface area contributed by atoms with Crippen LogP contribution in [0.15, 0.2) is 27.1 Å². The van der Waals surface area contributed by atoms with Crippen molar-refractivity contribution >= 4 is 33.0 Å². The Labute approximate surface area is 96.0 Å². The van der Waals surface area contributed by atoms with Crippen LogP contribution in [0.4, 0.5) is 6.01 Å². The minimum absolute atomic E-state index is 0.552. The molecule has 0 atom stereocenters. The number of oxazole rings is 1. The van der Waals surface area contributed by atoms with Gasteiger partial charge in [0.05, 0.1) is 0 Å². The molecular formula is C10H12BrN3O. The molecule has 0 bridgehead atoms. The van der Waals surface area contributed by atoms with Crippen LogP contribution in [-0.4, -0.2) is 18.1 Å². The van der Waals surface area contributed by atoms with Gasteiger partial charge in [0, 0.05) is 11.0 Å². The number of nitrogens with one attached hydrogen (secondary N) is 1. The largest absolute Gasteiger partial charge is 0.424 e. The van der Waals surface area contributed by atoms with Crippen LogP contribution < -0.4 is 11.1 Å². The van der Waals surface area contributed by atoms with Crippen molar-refractivity contribution in [2.75, 3.05) is 18.4 Å². The molecule has 2 rings (SSSR count). The highest BCUT2D eigenvalue weighted by atomic mass is 79.9. The van der Waals surface area contributed by atoms with Gasteiger partial charge in [-0.15, -0.1) is 0 Å². The third-order valence-electron chi connectivity index (χ3n) is 2.01. The van der Waals surface area contributed by atoms with Crippen LogP contribution in [0.2, 0.25) is 0 Å². The van der Waals surface area contributed by atoms with Crippen LogP contribution in [-0.2, 0) is 0 Å². The summed E-state index contributed by atoms with van der Waals surface area (Å²) < 4.78 is 6.48. The molecule has 15 heavy (non-hydrogen) atoms. The molecule has 1 aromatic carbocycles. The molecule has 0 fully saturated rings. The number of aromatic nitrogens is 1. The minimum atomic E-state index is 0.552. The van der Waals surface area contributed by atoms with E-state index in [1.54, 1.807) is 0 Å². The molecule has 0 spiro atoms. The van der Waals surface area contributed by atoms with Crippen molar-refractivity contribution in [1.82, 2.24) is 4.98 Å². The van der Waals surface area contributed by atoms with E-state index in [1.807, 2.05) is 18.2 Å². The number of rotatable bonds is 4. The summed E-state index contributed by atoms with van der Waals surface area (Å²) in [7, 11) is 0. The lowest BCUT2D eigenvalue weighted by Gasteiger charge is -1.97. The van der Waals surface area contributed by atoms with Crippen molar-refractivity contribution in [3.05, 3.63) is 22.7 Å². The zero-order chi connectivity index (χ0) is 10.7. The summed E-state index contributed by atoms with van der Waals surface area (Å²) in [6.07, 6.45) is 0.905. The van der Waals surface area contributed by atoms with Crippen molar-refractivity contribution in [3.63, 3.8) is 0 Å². The second-order valence-electron chi connectivity index (χ2n) is 3.20. The third-order valence-corrected chi connectivity index (χ3v) is 2.50. The highest BCUT2D eigenvalue weighted by molar-refractivity contribution is 9.10. The van der Waals surface area contributed by atoms with Crippen LogP contribution in [0.1, 0.15) is 6.42 Å².